The van der Waals surface area contributed by atoms with Crippen LogP contribution in [0.25, 0.3) is 0 Å². The maximum Gasteiger partial charge on any atom is 0.165 e. The highest BCUT2D eigenvalue weighted by molar-refractivity contribution is 5.46. The van der Waals surface area contributed by atoms with Crippen LogP contribution in [0.4, 0.5) is 0 Å². The Balaban J connectivity index is 2.02. The van der Waals surface area contributed by atoms with Crippen LogP contribution in [0.2, 0.25) is 0 Å². The molecule has 124 valence electrons. The van der Waals surface area contributed by atoms with Crippen LogP contribution < -0.4 is 14.8 Å². The third kappa shape index (κ3) is 4.37. The van der Waals surface area contributed by atoms with Gasteiger partial charge in [-0.1, -0.05) is 31.4 Å². The van der Waals surface area contributed by atoms with Gasteiger partial charge in [-0.3, -0.25) is 0 Å². The molecule has 4 heteroatoms. The molecule has 4 nitrogen and oxygen atoms in total. The summed E-state index contributed by atoms with van der Waals surface area (Å²) in [4.78, 5) is 0. The molecule has 0 aliphatic heterocycles. The van der Waals surface area contributed by atoms with Crippen LogP contribution in [0, 0.1) is 5.92 Å². The largest absolute Gasteiger partial charge is 0.493 e. The first kappa shape index (κ1) is 17.1. The molecule has 0 saturated heterocycles. The monoisotopic (exact) mass is 307 g/mol. The van der Waals surface area contributed by atoms with E-state index in [2.05, 4.69) is 11.4 Å². The first-order valence-electron chi connectivity index (χ1n) is 8.34. The van der Waals surface area contributed by atoms with Gasteiger partial charge in [0.2, 0.25) is 0 Å². The molecule has 1 fully saturated rings. The molecule has 1 aliphatic carbocycles. The summed E-state index contributed by atoms with van der Waals surface area (Å²) in [6.45, 7) is 0.977. The molecular weight excluding hydrogens is 278 g/mol. The average molecular weight is 307 g/mol. The maximum absolute atomic E-state index is 9.36. The molecule has 0 bridgehead atoms. The van der Waals surface area contributed by atoms with E-state index in [0.717, 1.165) is 30.0 Å². The van der Waals surface area contributed by atoms with E-state index in [1.807, 2.05) is 12.1 Å². The number of rotatable bonds is 8. The number of ether oxygens (including phenoxy) is 2. The summed E-state index contributed by atoms with van der Waals surface area (Å²) >= 11 is 0. The zero-order valence-corrected chi connectivity index (χ0v) is 13.8. The van der Waals surface area contributed by atoms with Gasteiger partial charge in [0.25, 0.3) is 0 Å². The van der Waals surface area contributed by atoms with Gasteiger partial charge in [-0.05, 0) is 31.2 Å². The average Bonchev–Trinajstić information content (AvgIpc) is 2.58. The smallest absolute Gasteiger partial charge is 0.165 e. The molecule has 22 heavy (non-hydrogen) atoms. The van der Waals surface area contributed by atoms with Crippen molar-refractivity contribution >= 4 is 0 Å². The van der Waals surface area contributed by atoms with Crippen molar-refractivity contribution in [2.24, 2.45) is 5.92 Å². The fourth-order valence-corrected chi connectivity index (χ4v) is 3.51. The summed E-state index contributed by atoms with van der Waals surface area (Å²) in [6.07, 6.45) is 7.34. The topological polar surface area (TPSA) is 50.7 Å². The Hall–Kier alpha value is -1.26. The van der Waals surface area contributed by atoms with E-state index in [1.54, 1.807) is 14.2 Å². The highest BCUT2D eigenvalue weighted by Gasteiger charge is 2.23. The Morgan fingerprint density at radius 1 is 1.18 bits per heavy atom. The van der Waals surface area contributed by atoms with Crippen LogP contribution in [0.5, 0.6) is 11.5 Å². The zero-order chi connectivity index (χ0) is 15.8. The first-order chi connectivity index (χ1) is 10.8. The molecule has 0 aromatic heterocycles. The lowest BCUT2D eigenvalue weighted by Crippen LogP contribution is -2.37. The summed E-state index contributed by atoms with van der Waals surface area (Å²) < 4.78 is 10.8. The van der Waals surface area contributed by atoms with Crippen molar-refractivity contribution in [2.75, 3.05) is 20.8 Å². The zero-order valence-electron chi connectivity index (χ0n) is 13.8. The van der Waals surface area contributed by atoms with E-state index in [4.69, 9.17) is 9.47 Å². The molecule has 0 spiro atoms. The van der Waals surface area contributed by atoms with Crippen LogP contribution in [-0.4, -0.2) is 32.0 Å². The van der Waals surface area contributed by atoms with Gasteiger partial charge in [-0.15, -0.1) is 0 Å². The first-order valence-corrected chi connectivity index (χ1v) is 8.34. The van der Waals surface area contributed by atoms with Gasteiger partial charge in [-0.25, -0.2) is 0 Å². The van der Waals surface area contributed by atoms with E-state index >= 15 is 0 Å². The summed E-state index contributed by atoms with van der Waals surface area (Å²) in [5.74, 6) is 2.24. The fourth-order valence-electron chi connectivity index (χ4n) is 3.51. The lowest BCUT2D eigenvalue weighted by atomic mass is 9.82. The molecule has 1 saturated carbocycles. The van der Waals surface area contributed by atoms with E-state index in [-0.39, 0.29) is 6.61 Å². The van der Waals surface area contributed by atoms with E-state index < -0.39 is 0 Å². The Labute approximate surface area is 133 Å². The standard InChI is InChI=1S/C18H29NO3/c1-21-17-10-6-9-15(18(17)22-2)13-19-16(11-12-20)14-7-4-3-5-8-14/h6,9-10,14,16,19-20H,3-5,7-8,11-13H2,1-2H3. The third-order valence-corrected chi connectivity index (χ3v) is 4.70. The Bertz CT molecular complexity index is 444. The van der Waals surface area contributed by atoms with Gasteiger partial charge in [-0.2, -0.15) is 0 Å². The lowest BCUT2D eigenvalue weighted by molar-refractivity contribution is 0.205. The van der Waals surface area contributed by atoms with Crippen molar-refractivity contribution in [3.8, 4) is 11.5 Å². The second-order valence-electron chi connectivity index (χ2n) is 6.05. The van der Waals surface area contributed by atoms with Crippen molar-refractivity contribution in [1.82, 2.24) is 5.32 Å². The molecule has 1 aromatic rings. The quantitative estimate of drug-likeness (QED) is 0.775. The summed E-state index contributed by atoms with van der Waals surface area (Å²) in [7, 11) is 3.33. The molecule has 0 heterocycles. The number of methoxy groups -OCH3 is 2. The number of benzene rings is 1. The Morgan fingerprint density at radius 2 is 1.95 bits per heavy atom. The highest BCUT2D eigenvalue weighted by atomic mass is 16.5. The van der Waals surface area contributed by atoms with Crippen molar-refractivity contribution in [3.05, 3.63) is 23.8 Å². The lowest BCUT2D eigenvalue weighted by Gasteiger charge is -2.31. The van der Waals surface area contributed by atoms with Gasteiger partial charge in [0.1, 0.15) is 0 Å². The van der Waals surface area contributed by atoms with Crippen molar-refractivity contribution in [3.63, 3.8) is 0 Å². The number of hydrogen-bond acceptors (Lipinski definition) is 4. The minimum Gasteiger partial charge on any atom is -0.493 e. The van der Waals surface area contributed by atoms with E-state index in [0.29, 0.717) is 12.0 Å². The fraction of sp³-hybridized carbons (Fsp3) is 0.667. The molecule has 1 unspecified atom stereocenters. The van der Waals surface area contributed by atoms with Crippen molar-refractivity contribution < 1.29 is 14.6 Å². The van der Waals surface area contributed by atoms with Crippen LogP contribution in [0.1, 0.15) is 44.1 Å². The highest BCUT2D eigenvalue weighted by Crippen LogP contribution is 2.32. The molecule has 2 rings (SSSR count). The molecular formula is C18H29NO3. The predicted molar refractivity (Wildman–Crippen MR) is 88.5 cm³/mol. The minimum absolute atomic E-state index is 0.239. The van der Waals surface area contributed by atoms with Gasteiger partial charge in [0, 0.05) is 24.8 Å². The summed E-state index contributed by atoms with van der Waals surface area (Å²) in [5, 5.41) is 13.0. The molecule has 0 radical (unpaired) electrons. The molecule has 0 amide bonds. The summed E-state index contributed by atoms with van der Waals surface area (Å²) in [5.41, 5.74) is 1.10. The van der Waals surface area contributed by atoms with Gasteiger partial charge in [0.05, 0.1) is 14.2 Å². The SMILES string of the molecule is COc1cccc(CNC(CCO)C2CCCCC2)c1OC. The third-order valence-electron chi connectivity index (χ3n) is 4.70. The predicted octanol–water partition coefficient (Wildman–Crippen LogP) is 3.12. The van der Waals surface area contributed by atoms with Gasteiger partial charge < -0.3 is 19.9 Å². The van der Waals surface area contributed by atoms with Crippen LogP contribution in [0.15, 0.2) is 18.2 Å². The van der Waals surface area contributed by atoms with Crippen LogP contribution >= 0.6 is 0 Å². The second kappa shape index (κ2) is 9.01. The van der Waals surface area contributed by atoms with Gasteiger partial charge in [0.15, 0.2) is 11.5 Å². The number of aliphatic hydroxyl groups excluding tert-OH is 1. The van der Waals surface area contributed by atoms with Crippen LogP contribution in [0.3, 0.4) is 0 Å². The number of aliphatic hydroxyl groups is 1. The molecule has 1 atom stereocenters. The second-order valence-corrected chi connectivity index (χ2v) is 6.05. The minimum atomic E-state index is 0.239. The van der Waals surface area contributed by atoms with Crippen molar-refractivity contribution in [2.45, 2.75) is 51.1 Å². The Morgan fingerprint density at radius 3 is 2.59 bits per heavy atom. The van der Waals surface area contributed by atoms with E-state index in [1.165, 1.54) is 32.1 Å². The van der Waals surface area contributed by atoms with Crippen molar-refractivity contribution in [1.29, 1.82) is 0 Å². The number of hydrogen-bond donors (Lipinski definition) is 2. The Kier molecular flexibility index (Phi) is 7.00. The number of para-hydroxylation sites is 1. The molecule has 1 aromatic carbocycles. The van der Waals surface area contributed by atoms with Crippen LogP contribution in [-0.2, 0) is 6.54 Å². The molecule has 2 N–H and O–H groups in total. The maximum atomic E-state index is 9.36. The normalized spacial score (nSPS) is 17.2. The van der Waals surface area contributed by atoms with E-state index in [9.17, 15) is 5.11 Å². The van der Waals surface area contributed by atoms with Gasteiger partial charge >= 0.3 is 0 Å². The summed E-state index contributed by atoms with van der Waals surface area (Å²) in [6, 6.07) is 6.33. The molecule has 1 aliphatic rings. The number of nitrogens with one attached hydrogen (secondary N) is 1.